The van der Waals surface area contributed by atoms with Crippen molar-refractivity contribution in [2.24, 2.45) is 0 Å². The van der Waals surface area contributed by atoms with Gasteiger partial charge in [-0.1, -0.05) is 24.3 Å². The fourth-order valence-corrected chi connectivity index (χ4v) is 3.57. The summed E-state index contributed by atoms with van der Waals surface area (Å²) in [5, 5.41) is 16.3. The fraction of sp³-hybridized carbons (Fsp3) is 0.350. The van der Waals surface area contributed by atoms with Crippen LogP contribution in [0.1, 0.15) is 27.3 Å². The Morgan fingerprint density at radius 1 is 1.23 bits per heavy atom. The molecule has 4 rings (SSSR count). The number of halogens is 4. The summed E-state index contributed by atoms with van der Waals surface area (Å²) in [5.74, 6) is -2.20. The Morgan fingerprint density at radius 2 is 1.97 bits per heavy atom. The van der Waals surface area contributed by atoms with Crippen molar-refractivity contribution in [3.8, 4) is 0 Å². The molecule has 11 heteroatoms. The van der Waals surface area contributed by atoms with Gasteiger partial charge >= 0.3 is 6.18 Å². The molecule has 0 spiro atoms. The number of carbonyl (C=O) groups excluding carboxylic acids is 1. The maximum Gasteiger partial charge on any atom is 0.433 e. The van der Waals surface area contributed by atoms with E-state index < -0.39 is 41.0 Å². The molecule has 0 saturated carbocycles. The molecule has 1 aliphatic heterocycles. The van der Waals surface area contributed by atoms with Gasteiger partial charge in [0.1, 0.15) is 5.69 Å². The van der Waals surface area contributed by atoms with Crippen molar-refractivity contribution in [1.82, 2.24) is 24.8 Å². The largest absolute Gasteiger partial charge is 0.433 e. The first-order chi connectivity index (χ1) is 14.7. The summed E-state index contributed by atoms with van der Waals surface area (Å²) in [6.07, 6.45) is -3.92. The van der Waals surface area contributed by atoms with Crippen molar-refractivity contribution < 1.29 is 27.5 Å². The number of nitrogens with zero attached hydrogens (tertiary/aromatic N) is 4. The molecule has 3 aromatic rings. The van der Waals surface area contributed by atoms with E-state index in [0.717, 1.165) is 23.7 Å². The van der Waals surface area contributed by atoms with Crippen molar-refractivity contribution in [3.63, 3.8) is 0 Å². The molecule has 7 nitrogen and oxygen atoms in total. The van der Waals surface area contributed by atoms with Gasteiger partial charge in [-0.2, -0.15) is 18.3 Å². The number of amides is 1. The van der Waals surface area contributed by atoms with Crippen molar-refractivity contribution in [3.05, 3.63) is 64.9 Å². The molecule has 1 atom stereocenters. The zero-order valence-electron chi connectivity index (χ0n) is 16.2. The molecule has 0 fully saturated rings. The Balaban J connectivity index is 1.37. The number of hydrogen-bond donors (Lipinski definition) is 2. The van der Waals surface area contributed by atoms with Gasteiger partial charge in [0.05, 0.1) is 6.10 Å². The van der Waals surface area contributed by atoms with E-state index in [1.54, 1.807) is 0 Å². The standard InChI is InChI=1S/C20H19F4N5O2/c21-16-17(27-29-8-6-15(20(22,23)24)26-18(16)29)19(31)25-9-14(30)11-28-7-5-12-3-1-2-4-13(12)10-28/h1-4,6,8,14,30H,5,7,9-11H2,(H,25,31)/t14-/m0/s1. The second-order valence-corrected chi connectivity index (χ2v) is 7.36. The van der Waals surface area contributed by atoms with Crippen LogP contribution in [0.25, 0.3) is 5.65 Å². The van der Waals surface area contributed by atoms with Crippen LogP contribution in [0.2, 0.25) is 0 Å². The van der Waals surface area contributed by atoms with Crippen LogP contribution in [0, 0.1) is 5.82 Å². The number of aromatic nitrogens is 3. The second kappa shape index (κ2) is 8.23. The van der Waals surface area contributed by atoms with E-state index in [9.17, 15) is 27.5 Å². The van der Waals surface area contributed by atoms with E-state index >= 15 is 0 Å². The highest BCUT2D eigenvalue weighted by Crippen LogP contribution is 2.28. The number of aliphatic hydroxyl groups is 1. The highest BCUT2D eigenvalue weighted by Gasteiger charge is 2.34. The summed E-state index contributed by atoms with van der Waals surface area (Å²) < 4.78 is 53.5. The smallest absolute Gasteiger partial charge is 0.390 e. The molecule has 0 unspecified atom stereocenters. The van der Waals surface area contributed by atoms with E-state index in [1.807, 2.05) is 23.1 Å². The van der Waals surface area contributed by atoms with Gasteiger partial charge in [-0.25, -0.2) is 13.9 Å². The Kier molecular flexibility index (Phi) is 5.63. The summed E-state index contributed by atoms with van der Waals surface area (Å²) in [4.78, 5) is 17.5. The zero-order chi connectivity index (χ0) is 22.2. The van der Waals surface area contributed by atoms with Gasteiger partial charge in [0.15, 0.2) is 11.3 Å². The van der Waals surface area contributed by atoms with E-state index in [4.69, 9.17) is 0 Å². The number of rotatable bonds is 5. The molecule has 164 valence electrons. The van der Waals surface area contributed by atoms with Gasteiger partial charge in [-0.15, -0.1) is 0 Å². The van der Waals surface area contributed by atoms with Crippen molar-refractivity contribution in [1.29, 1.82) is 0 Å². The lowest BCUT2D eigenvalue weighted by Gasteiger charge is -2.30. The lowest BCUT2D eigenvalue weighted by atomic mass is 10.00. The van der Waals surface area contributed by atoms with Crippen molar-refractivity contribution in [2.45, 2.75) is 25.2 Å². The lowest BCUT2D eigenvalue weighted by molar-refractivity contribution is -0.141. The number of nitrogens with one attached hydrogen (secondary N) is 1. The number of carbonyl (C=O) groups is 1. The van der Waals surface area contributed by atoms with Crippen LogP contribution in [0.3, 0.4) is 0 Å². The number of β-amino-alcohol motifs (C(OH)–C–C–N with tert-alkyl or cyclic N) is 1. The Morgan fingerprint density at radius 3 is 2.71 bits per heavy atom. The third-order valence-corrected chi connectivity index (χ3v) is 5.11. The molecule has 2 N–H and O–H groups in total. The molecule has 0 bridgehead atoms. The Hall–Kier alpha value is -3.05. The minimum absolute atomic E-state index is 0.161. The number of alkyl halides is 3. The maximum atomic E-state index is 14.4. The molecule has 0 aliphatic carbocycles. The second-order valence-electron chi connectivity index (χ2n) is 7.36. The van der Waals surface area contributed by atoms with Crippen LogP contribution in [-0.2, 0) is 19.1 Å². The van der Waals surface area contributed by atoms with Crippen LogP contribution < -0.4 is 5.32 Å². The number of hydrogen-bond acceptors (Lipinski definition) is 5. The lowest BCUT2D eigenvalue weighted by Crippen LogP contribution is -2.42. The number of fused-ring (bicyclic) bond motifs is 2. The van der Waals surface area contributed by atoms with Crippen molar-refractivity contribution in [2.75, 3.05) is 19.6 Å². The first-order valence-electron chi connectivity index (χ1n) is 9.60. The Bertz CT molecular complexity index is 1110. The maximum absolute atomic E-state index is 14.4. The molecule has 0 radical (unpaired) electrons. The topological polar surface area (TPSA) is 82.8 Å². The fourth-order valence-electron chi connectivity index (χ4n) is 3.57. The predicted molar refractivity (Wildman–Crippen MR) is 102 cm³/mol. The molecule has 1 aromatic carbocycles. The average molecular weight is 437 g/mol. The quantitative estimate of drug-likeness (QED) is 0.597. The molecule has 31 heavy (non-hydrogen) atoms. The van der Waals surface area contributed by atoms with Crippen molar-refractivity contribution >= 4 is 11.6 Å². The van der Waals surface area contributed by atoms with E-state index in [0.29, 0.717) is 19.2 Å². The van der Waals surface area contributed by atoms with Crippen LogP contribution in [0.4, 0.5) is 17.6 Å². The number of benzene rings is 1. The van der Waals surface area contributed by atoms with E-state index in [-0.39, 0.29) is 6.54 Å². The average Bonchev–Trinajstić information content (AvgIpc) is 3.07. The first-order valence-corrected chi connectivity index (χ1v) is 9.60. The highest BCUT2D eigenvalue weighted by molar-refractivity contribution is 5.93. The van der Waals surface area contributed by atoms with Crippen LogP contribution >= 0.6 is 0 Å². The van der Waals surface area contributed by atoms with Gasteiger partial charge in [-0.05, 0) is 23.6 Å². The highest BCUT2D eigenvalue weighted by atomic mass is 19.4. The van der Waals surface area contributed by atoms with Crippen LogP contribution in [0.15, 0.2) is 36.5 Å². The van der Waals surface area contributed by atoms with Crippen LogP contribution in [-0.4, -0.2) is 56.2 Å². The molecular weight excluding hydrogens is 418 g/mol. The third kappa shape index (κ3) is 4.52. The third-order valence-electron chi connectivity index (χ3n) is 5.11. The summed E-state index contributed by atoms with van der Waals surface area (Å²) in [6.45, 7) is 1.58. The minimum atomic E-state index is -4.75. The van der Waals surface area contributed by atoms with E-state index in [2.05, 4.69) is 21.5 Å². The minimum Gasteiger partial charge on any atom is -0.390 e. The summed E-state index contributed by atoms with van der Waals surface area (Å²) >= 11 is 0. The van der Waals surface area contributed by atoms with Gasteiger partial charge in [0, 0.05) is 32.4 Å². The van der Waals surface area contributed by atoms with Crippen LogP contribution in [0.5, 0.6) is 0 Å². The molecule has 1 aliphatic rings. The molecule has 1 amide bonds. The zero-order valence-corrected chi connectivity index (χ0v) is 16.2. The predicted octanol–water partition coefficient (Wildman–Crippen LogP) is 2.04. The summed E-state index contributed by atoms with van der Waals surface area (Å²) in [6, 6.07) is 8.67. The molecular formula is C20H19F4N5O2. The molecule has 3 heterocycles. The number of aliphatic hydroxyl groups excluding tert-OH is 1. The molecule has 0 saturated heterocycles. The first kappa shape index (κ1) is 21.2. The Labute approximate surface area is 174 Å². The van der Waals surface area contributed by atoms with Gasteiger partial charge < -0.3 is 10.4 Å². The summed E-state index contributed by atoms with van der Waals surface area (Å²) in [7, 11) is 0. The summed E-state index contributed by atoms with van der Waals surface area (Å²) in [5.41, 5.74) is -0.226. The van der Waals surface area contributed by atoms with Gasteiger partial charge in [0.25, 0.3) is 5.91 Å². The van der Waals surface area contributed by atoms with Gasteiger partial charge in [0.2, 0.25) is 5.82 Å². The SMILES string of the molecule is O=C(NC[C@H](O)CN1CCc2ccccc2C1)c1nn2ccc(C(F)(F)F)nc2c1F. The normalized spacial score (nSPS) is 15.6. The van der Waals surface area contributed by atoms with Gasteiger partial charge in [-0.3, -0.25) is 9.69 Å². The molecule has 2 aromatic heterocycles. The van der Waals surface area contributed by atoms with E-state index in [1.165, 1.54) is 11.1 Å². The monoisotopic (exact) mass is 437 g/mol.